The van der Waals surface area contributed by atoms with Crippen LogP contribution in [0, 0.1) is 6.92 Å². The predicted molar refractivity (Wildman–Crippen MR) is 188 cm³/mol. The monoisotopic (exact) mass is 665 g/mol. The first-order valence-corrected chi connectivity index (χ1v) is 16.0. The first kappa shape index (κ1) is 37.8. The molecule has 0 unspecified atom stereocenters. The van der Waals surface area contributed by atoms with Crippen LogP contribution < -0.4 is 26.6 Å². The maximum absolute atomic E-state index is 12.7. The van der Waals surface area contributed by atoms with Crippen molar-refractivity contribution in [2.75, 3.05) is 55.3 Å². The molecule has 0 atom stereocenters. The molecule has 0 aliphatic carbocycles. The topological polar surface area (TPSA) is 115 Å². The Labute approximate surface area is 281 Å². The number of nitrogens with one attached hydrogen (secondary N) is 3. The number of aliphatic imine (C=N–C) groups is 1. The zero-order valence-corrected chi connectivity index (χ0v) is 27.8. The van der Waals surface area contributed by atoms with Crippen LogP contribution in [0.1, 0.15) is 53.2 Å². The number of amides is 2. The quantitative estimate of drug-likeness (QED) is 0.0721. The number of anilines is 3. The molecule has 1 fully saturated rings. The van der Waals surface area contributed by atoms with Crippen LogP contribution in [0.2, 0.25) is 0 Å². The Morgan fingerprint density at radius 3 is 2.42 bits per heavy atom. The number of benzene rings is 3. The molecule has 0 spiro atoms. The van der Waals surface area contributed by atoms with Crippen LogP contribution in [0.4, 0.5) is 30.2 Å². The van der Waals surface area contributed by atoms with E-state index in [1.54, 1.807) is 0 Å². The summed E-state index contributed by atoms with van der Waals surface area (Å²) in [6.07, 6.45) is 2.28. The SMILES string of the molecule is CCNCCN(C)Cc1ccc(C(=O)Nc2ccc(N3CCCCC3)cc2C)cc1.NC(/C=C\Nc1cccc(C(F)(F)F)c1)=NC=O. The molecule has 1 heterocycles. The van der Waals surface area contributed by atoms with Crippen LogP contribution in [-0.4, -0.2) is 62.8 Å². The Bertz CT molecular complexity index is 1520. The fourth-order valence-corrected chi connectivity index (χ4v) is 5.04. The molecule has 3 aromatic rings. The normalized spacial score (nSPS) is 13.6. The summed E-state index contributed by atoms with van der Waals surface area (Å²) in [5, 5.41) is 9.01. The van der Waals surface area contributed by atoms with Gasteiger partial charge < -0.3 is 31.5 Å². The second-order valence-electron chi connectivity index (χ2n) is 11.5. The average Bonchev–Trinajstić information content (AvgIpc) is 3.07. The van der Waals surface area contributed by atoms with Crippen LogP contribution in [0.5, 0.6) is 0 Å². The van der Waals surface area contributed by atoms with E-state index in [1.165, 1.54) is 54.9 Å². The first-order chi connectivity index (χ1) is 23.0. The second kappa shape index (κ2) is 19.2. The summed E-state index contributed by atoms with van der Waals surface area (Å²) in [4.78, 5) is 30.6. The van der Waals surface area contributed by atoms with Crippen molar-refractivity contribution in [2.24, 2.45) is 10.7 Å². The van der Waals surface area contributed by atoms with Crippen molar-refractivity contribution in [3.05, 3.63) is 101 Å². The van der Waals surface area contributed by atoms with Crippen molar-refractivity contribution in [1.29, 1.82) is 0 Å². The van der Waals surface area contributed by atoms with Crippen molar-refractivity contribution >= 4 is 35.2 Å². The number of piperidine rings is 1. The Morgan fingerprint density at radius 1 is 1.04 bits per heavy atom. The molecule has 5 N–H and O–H groups in total. The molecule has 4 rings (SSSR count). The highest BCUT2D eigenvalue weighted by Gasteiger charge is 2.30. The van der Waals surface area contributed by atoms with Crippen molar-refractivity contribution < 1.29 is 22.8 Å². The number of carbonyl (C=O) groups is 2. The zero-order valence-electron chi connectivity index (χ0n) is 27.8. The van der Waals surface area contributed by atoms with Gasteiger partial charge in [0.1, 0.15) is 5.84 Å². The number of rotatable bonds is 13. The molecule has 12 heteroatoms. The lowest BCUT2D eigenvalue weighted by Gasteiger charge is -2.29. The van der Waals surface area contributed by atoms with Gasteiger partial charge in [0.2, 0.25) is 6.41 Å². The van der Waals surface area contributed by atoms with Gasteiger partial charge in [-0.2, -0.15) is 18.2 Å². The number of likely N-dealkylation sites (N-methyl/N-ethyl adjacent to an activating group) is 2. The molecule has 1 aliphatic heterocycles. The van der Waals surface area contributed by atoms with E-state index < -0.39 is 11.7 Å². The maximum atomic E-state index is 12.7. The maximum Gasteiger partial charge on any atom is 0.416 e. The lowest BCUT2D eigenvalue weighted by atomic mass is 10.1. The van der Waals surface area contributed by atoms with Crippen molar-refractivity contribution in [3.63, 3.8) is 0 Å². The van der Waals surface area contributed by atoms with Crippen LogP contribution in [0.15, 0.2) is 84.0 Å². The van der Waals surface area contributed by atoms with Gasteiger partial charge in [0.05, 0.1) is 5.56 Å². The molecular formula is C36H46F3N7O2. The van der Waals surface area contributed by atoms with Gasteiger partial charge in [-0.05, 0) is 106 Å². The predicted octanol–water partition coefficient (Wildman–Crippen LogP) is 6.42. The van der Waals surface area contributed by atoms with Gasteiger partial charge in [-0.25, -0.2) is 0 Å². The standard InChI is InChI=1S/C25H36N4O.C11H10F3N3O/c1-4-26-14-17-28(3)19-21-8-10-22(11-9-21)25(30)27-24-13-12-23(18-20(24)2)29-15-6-5-7-16-29;12-11(13,14)8-2-1-3-9(6-8)16-5-4-10(15)17-7-18/h8-13,18,26H,4-7,14-17,19H2,1-3H3,(H,27,30);1-7,16H,(H2,15,17,18)/b;5-4-. The minimum atomic E-state index is -4.39. The third-order valence-corrected chi connectivity index (χ3v) is 7.66. The number of hydrogen-bond acceptors (Lipinski definition) is 6. The fourth-order valence-electron chi connectivity index (χ4n) is 5.04. The Hall–Kier alpha value is -4.68. The van der Waals surface area contributed by atoms with Gasteiger partial charge in [0.15, 0.2) is 0 Å². The molecule has 0 saturated carbocycles. The lowest BCUT2D eigenvalue weighted by Crippen LogP contribution is -2.29. The Morgan fingerprint density at radius 2 is 1.77 bits per heavy atom. The van der Waals surface area contributed by atoms with Gasteiger partial charge in [-0.1, -0.05) is 25.1 Å². The molecular weight excluding hydrogens is 619 g/mol. The summed E-state index contributed by atoms with van der Waals surface area (Å²) in [5.41, 5.74) is 9.90. The van der Waals surface area contributed by atoms with Gasteiger partial charge in [0, 0.05) is 61.5 Å². The third-order valence-electron chi connectivity index (χ3n) is 7.66. The number of nitrogens with zero attached hydrogens (tertiary/aromatic N) is 3. The number of amidine groups is 1. The molecule has 0 bridgehead atoms. The zero-order chi connectivity index (χ0) is 34.9. The number of halogens is 3. The summed E-state index contributed by atoms with van der Waals surface area (Å²) < 4.78 is 37.2. The molecule has 0 radical (unpaired) electrons. The third kappa shape index (κ3) is 12.8. The number of nitrogens with two attached hydrogens (primary N) is 1. The van der Waals surface area contributed by atoms with E-state index in [0.29, 0.717) is 5.56 Å². The van der Waals surface area contributed by atoms with E-state index >= 15 is 0 Å². The first-order valence-electron chi connectivity index (χ1n) is 16.0. The van der Waals surface area contributed by atoms with Gasteiger partial charge in [-0.15, -0.1) is 0 Å². The number of alkyl halides is 3. The largest absolute Gasteiger partial charge is 0.416 e. The van der Waals surface area contributed by atoms with E-state index in [0.717, 1.165) is 62.7 Å². The highest BCUT2D eigenvalue weighted by atomic mass is 19.4. The average molecular weight is 666 g/mol. The second-order valence-corrected chi connectivity index (χ2v) is 11.5. The van der Waals surface area contributed by atoms with Crippen LogP contribution in [0.25, 0.3) is 0 Å². The minimum absolute atomic E-state index is 0.0514. The van der Waals surface area contributed by atoms with Gasteiger partial charge in [0.25, 0.3) is 5.91 Å². The molecule has 0 aromatic heterocycles. The Kier molecular flexibility index (Phi) is 15.1. The van der Waals surface area contributed by atoms with Crippen LogP contribution >= 0.6 is 0 Å². The van der Waals surface area contributed by atoms with E-state index in [2.05, 4.69) is 63.8 Å². The summed E-state index contributed by atoms with van der Waals surface area (Å²) in [6.45, 7) is 10.3. The summed E-state index contributed by atoms with van der Waals surface area (Å²) in [6, 6.07) is 18.9. The summed E-state index contributed by atoms with van der Waals surface area (Å²) in [7, 11) is 2.12. The minimum Gasteiger partial charge on any atom is -0.384 e. The molecule has 3 aromatic carbocycles. The van der Waals surface area contributed by atoms with Crippen LogP contribution in [-0.2, 0) is 17.5 Å². The summed E-state index contributed by atoms with van der Waals surface area (Å²) in [5.74, 6) is -0.111. The molecule has 1 saturated heterocycles. The summed E-state index contributed by atoms with van der Waals surface area (Å²) >= 11 is 0. The highest BCUT2D eigenvalue weighted by Crippen LogP contribution is 2.30. The van der Waals surface area contributed by atoms with Crippen molar-refractivity contribution in [3.8, 4) is 0 Å². The Balaban J connectivity index is 0.000000297. The highest BCUT2D eigenvalue weighted by molar-refractivity contribution is 6.04. The number of aryl methyl sites for hydroxylation is 1. The molecule has 1 aliphatic rings. The van der Waals surface area contributed by atoms with E-state index in [4.69, 9.17) is 5.73 Å². The molecule has 9 nitrogen and oxygen atoms in total. The molecule has 48 heavy (non-hydrogen) atoms. The van der Waals surface area contributed by atoms with E-state index in [9.17, 15) is 22.8 Å². The van der Waals surface area contributed by atoms with E-state index in [-0.39, 0.29) is 23.8 Å². The lowest BCUT2D eigenvalue weighted by molar-refractivity contribution is -0.137. The van der Waals surface area contributed by atoms with Crippen LogP contribution in [0.3, 0.4) is 0 Å². The van der Waals surface area contributed by atoms with Gasteiger partial charge >= 0.3 is 6.18 Å². The number of hydrogen-bond donors (Lipinski definition) is 4. The van der Waals surface area contributed by atoms with Crippen molar-refractivity contribution in [2.45, 2.75) is 45.8 Å². The van der Waals surface area contributed by atoms with E-state index in [1.807, 2.05) is 30.3 Å². The van der Waals surface area contributed by atoms with Gasteiger partial charge in [-0.3, -0.25) is 9.59 Å². The fraction of sp³-hybridized carbons (Fsp3) is 0.361. The number of carbonyl (C=O) groups excluding carboxylic acids is 2. The molecule has 258 valence electrons. The molecule has 2 amide bonds. The smallest absolute Gasteiger partial charge is 0.384 e. The van der Waals surface area contributed by atoms with Crippen molar-refractivity contribution in [1.82, 2.24) is 10.2 Å².